The van der Waals surface area contributed by atoms with Crippen molar-refractivity contribution >= 4 is 12.3 Å². The topological polar surface area (TPSA) is 62.7 Å². The number of nitrogens with zero attached hydrogens (tertiary/aromatic N) is 1. The molecule has 1 heterocycles. The number of carbonyl (C=O) groups is 1. The maximum atomic E-state index is 10.3. The maximum absolute atomic E-state index is 10.3. The van der Waals surface area contributed by atoms with Crippen molar-refractivity contribution in [2.75, 3.05) is 0 Å². The first-order valence-electron chi connectivity index (χ1n) is 2.48. The van der Waals surface area contributed by atoms with Gasteiger partial charge in [0.25, 0.3) is 6.35 Å². The molecule has 0 fully saturated rings. The fourth-order valence-corrected chi connectivity index (χ4v) is 0.471. The first-order chi connectivity index (χ1) is 4.29. The van der Waals surface area contributed by atoms with Gasteiger partial charge in [0.05, 0.1) is 0 Å². The number of carbonyl (C=O) groups excluding carboxylic acids is 1. The molecule has 0 saturated heterocycles. The number of nitrogens with one attached hydrogen (secondary N) is 2. The lowest BCUT2D eigenvalue weighted by Gasteiger charge is -2.08. The molecule has 0 saturated carbocycles. The monoisotopic (exact) mass is 129 g/mol. The van der Waals surface area contributed by atoms with Gasteiger partial charge in [-0.2, -0.15) is 0 Å². The molecule has 0 aromatic rings. The minimum atomic E-state index is -0.484. The van der Waals surface area contributed by atoms with Crippen LogP contribution in [0.5, 0.6) is 0 Å². The van der Waals surface area contributed by atoms with Crippen molar-refractivity contribution in [1.29, 1.82) is 0 Å². The number of amides is 1. The molecule has 1 rings (SSSR count). The van der Waals surface area contributed by atoms with Crippen molar-refractivity contribution in [3.8, 4) is 0 Å². The summed E-state index contributed by atoms with van der Waals surface area (Å²) in [6.45, 7) is 1.41. The summed E-state index contributed by atoms with van der Waals surface area (Å²) in [6, 6.07) is 0. The van der Waals surface area contributed by atoms with Gasteiger partial charge in [-0.25, -0.2) is 0 Å². The number of rotatable bonds is 1. The van der Waals surface area contributed by atoms with Gasteiger partial charge in [-0.3, -0.25) is 10.2 Å². The van der Waals surface area contributed by atoms with Crippen molar-refractivity contribution in [2.45, 2.75) is 13.3 Å². The van der Waals surface area contributed by atoms with Crippen molar-refractivity contribution < 1.29 is 9.53 Å². The van der Waals surface area contributed by atoms with Crippen LogP contribution < -0.4 is 10.7 Å². The number of ether oxygens (including phenoxy) is 1. The van der Waals surface area contributed by atoms with Gasteiger partial charge in [0, 0.05) is 6.92 Å². The van der Waals surface area contributed by atoms with Gasteiger partial charge in [-0.05, 0) is 0 Å². The van der Waals surface area contributed by atoms with Crippen LogP contribution in [0.3, 0.4) is 0 Å². The summed E-state index contributed by atoms with van der Waals surface area (Å²) in [7, 11) is 0. The molecule has 1 aliphatic heterocycles. The van der Waals surface area contributed by atoms with Crippen LogP contribution in [0.25, 0.3) is 0 Å². The highest BCUT2D eigenvalue weighted by molar-refractivity contribution is 5.73. The zero-order chi connectivity index (χ0) is 6.69. The predicted octanol–water partition coefficient (Wildman–Crippen LogP) is -1.03. The van der Waals surface area contributed by atoms with Crippen LogP contribution in [-0.2, 0) is 9.53 Å². The summed E-state index contributed by atoms with van der Waals surface area (Å²) in [5.41, 5.74) is 2.50. The van der Waals surface area contributed by atoms with Crippen LogP contribution in [0.1, 0.15) is 6.92 Å². The quantitative estimate of drug-likeness (QED) is 0.475. The summed E-state index contributed by atoms with van der Waals surface area (Å²) < 4.78 is 4.73. The van der Waals surface area contributed by atoms with Crippen molar-refractivity contribution in [1.82, 2.24) is 10.7 Å². The molecule has 0 bridgehead atoms. The molecule has 1 atom stereocenters. The van der Waals surface area contributed by atoms with E-state index in [-0.39, 0.29) is 5.91 Å². The highest BCUT2D eigenvalue weighted by atomic mass is 16.5. The van der Waals surface area contributed by atoms with Crippen molar-refractivity contribution in [3.63, 3.8) is 0 Å². The molecule has 1 aliphatic rings. The molecule has 0 aliphatic carbocycles. The maximum Gasteiger partial charge on any atom is 0.266 e. The molecule has 2 N–H and O–H groups in total. The Kier molecular flexibility index (Phi) is 1.53. The van der Waals surface area contributed by atoms with Gasteiger partial charge in [-0.15, -0.1) is 5.10 Å². The molecule has 5 nitrogen and oxygen atoms in total. The molecule has 0 spiro atoms. The van der Waals surface area contributed by atoms with E-state index < -0.39 is 6.35 Å². The van der Waals surface area contributed by atoms with Crippen molar-refractivity contribution in [2.24, 2.45) is 5.10 Å². The highest BCUT2D eigenvalue weighted by Gasteiger charge is 2.10. The van der Waals surface area contributed by atoms with Gasteiger partial charge >= 0.3 is 0 Å². The smallest absolute Gasteiger partial charge is 0.266 e. The Bertz CT molecular complexity index is 137. The third-order valence-electron chi connectivity index (χ3n) is 0.776. The van der Waals surface area contributed by atoms with Gasteiger partial charge in [0.15, 0.2) is 6.40 Å². The zero-order valence-electron chi connectivity index (χ0n) is 4.92. The summed E-state index contributed by atoms with van der Waals surface area (Å²) >= 11 is 0. The average Bonchev–Trinajstić information content (AvgIpc) is 2.15. The fraction of sp³-hybridized carbons (Fsp3) is 0.500. The van der Waals surface area contributed by atoms with E-state index in [0.717, 1.165) is 0 Å². The second-order valence-electron chi connectivity index (χ2n) is 1.58. The summed E-state index contributed by atoms with van der Waals surface area (Å²) in [6.07, 6.45) is 0.753. The van der Waals surface area contributed by atoms with Crippen LogP contribution in [0.15, 0.2) is 5.10 Å². The summed E-state index contributed by atoms with van der Waals surface area (Å²) in [5, 5.41) is 5.95. The van der Waals surface area contributed by atoms with Gasteiger partial charge in [-0.1, -0.05) is 0 Å². The Morgan fingerprint density at radius 1 is 2.00 bits per heavy atom. The second-order valence-corrected chi connectivity index (χ2v) is 1.58. The van der Waals surface area contributed by atoms with E-state index in [1.807, 2.05) is 0 Å². The Morgan fingerprint density at radius 2 is 2.78 bits per heavy atom. The lowest BCUT2D eigenvalue weighted by Crippen LogP contribution is -2.40. The third-order valence-corrected chi connectivity index (χ3v) is 0.776. The summed E-state index contributed by atoms with van der Waals surface area (Å²) in [5.74, 6) is -0.155. The van der Waals surface area contributed by atoms with Crippen molar-refractivity contribution in [3.05, 3.63) is 0 Å². The number of hydrogen-bond acceptors (Lipinski definition) is 4. The predicted molar refractivity (Wildman–Crippen MR) is 30.3 cm³/mol. The van der Waals surface area contributed by atoms with E-state index in [0.29, 0.717) is 0 Å². The molecule has 0 radical (unpaired) electrons. The molecular formula is C4H7N3O2. The van der Waals surface area contributed by atoms with Gasteiger partial charge in [0.2, 0.25) is 5.91 Å². The fourth-order valence-electron chi connectivity index (χ4n) is 0.471. The van der Waals surface area contributed by atoms with Crippen LogP contribution in [0.4, 0.5) is 0 Å². The molecule has 5 heteroatoms. The van der Waals surface area contributed by atoms with E-state index in [4.69, 9.17) is 4.74 Å². The Labute approximate surface area is 52.1 Å². The van der Waals surface area contributed by atoms with Crippen LogP contribution >= 0.6 is 0 Å². The SMILES string of the molecule is CC(=O)N[C@@H]1NN=CO1. The number of hydrogen-bond donors (Lipinski definition) is 2. The lowest BCUT2D eigenvalue weighted by molar-refractivity contribution is -0.121. The Morgan fingerprint density at radius 3 is 3.22 bits per heavy atom. The third kappa shape index (κ3) is 1.60. The van der Waals surface area contributed by atoms with E-state index in [1.54, 1.807) is 0 Å². The highest BCUT2D eigenvalue weighted by Crippen LogP contribution is 1.85. The first-order valence-corrected chi connectivity index (χ1v) is 2.48. The minimum absolute atomic E-state index is 0.155. The number of hydrazone groups is 1. The second kappa shape index (κ2) is 2.34. The van der Waals surface area contributed by atoms with Crippen LogP contribution in [0.2, 0.25) is 0 Å². The Balaban J connectivity index is 2.22. The van der Waals surface area contributed by atoms with Crippen LogP contribution in [0, 0.1) is 0 Å². The lowest BCUT2D eigenvalue weighted by atomic mass is 10.7. The van der Waals surface area contributed by atoms with E-state index in [1.165, 1.54) is 13.3 Å². The molecule has 0 unspecified atom stereocenters. The van der Waals surface area contributed by atoms with E-state index in [2.05, 4.69) is 15.8 Å². The minimum Gasteiger partial charge on any atom is -0.439 e. The first kappa shape index (κ1) is 5.87. The molecule has 9 heavy (non-hydrogen) atoms. The summed E-state index contributed by atoms with van der Waals surface area (Å²) in [4.78, 5) is 10.3. The molecule has 0 aromatic carbocycles. The largest absolute Gasteiger partial charge is 0.439 e. The zero-order valence-corrected chi connectivity index (χ0v) is 4.92. The molecular weight excluding hydrogens is 122 g/mol. The van der Waals surface area contributed by atoms with E-state index in [9.17, 15) is 4.79 Å². The van der Waals surface area contributed by atoms with Gasteiger partial charge in [0.1, 0.15) is 0 Å². The normalized spacial score (nSPS) is 22.6. The standard InChI is InChI=1S/C4H7N3O2/c1-3(8)6-4-7-5-2-9-4/h2,4,7H,1H3,(H,6,8)/t4-/m1/s1. The van der Waals surface area contributed by atoms with E-state index >= 15 is 0 Å². The van der Waals surface area contributed by atoms with Gasteiger partial charge < -0.3 is 10.1 Å². The molecule has 1 amide bonds. The molecule has 50 valence electrons. The van der Waals surface area contributed by atoms with Crippen LogP contribution in [-0.4, -0.2) is 18.7 Å². The average molecular weight is 129 g/mol. The Hall–Kier alpha value is -1.26. The molecule has 0 aromatic heterocycles.